The van der Waals surface area contributed by atoms with Crippen molar-refractivity contribution in [3.63, 3.8) is 0 Å². The van der Waals surface area contributed by atoms with Crippen LogP contribution < -0.4 is 16.4 Å². The second kappa shape index (κ2) is 5.70. The molecule has 4 N–H and O–H groups in total. The summed E-state index contributed by atoms with van der Waals surface area (Å²) in [4.78, 5) is 35.6. The van der Waals surface area contributed by atoms with Crippen LogP contribution in [0.4, 0.5) is 10.5 Å². The van der Waals surface area contributed by atoms with Crippen molar-refractivity contribution in [1.82, 2.24) is 10.2 Å². The van der Waals surface area contributed by atoms with Gasteiger partial charge in [0.25, 0.3) is 0 Å². The highest BCUT2D eigenvalue weighted by atomic mass is 16.2. The maximum atomic E-state index is 11.5. The van der Waals surface area contributed by atoms with Crippen LogP contribution >= 0.6 is 0 Å². The maximum Gasteiger partial charge on any atom is 0.324 e. The zero-order chi connectivity index (χ0) is 14.7. The molecule has 1 saturated heterocycles. The second-order valence-corrected chi connectivity index (χ2v) is 4.62. The first-order valence-electron chi connectivity index (χ1n) is 6.21. The summed E-state index contributed by atoms with van der Waals surface area (Å²) in [6.45, 7) is 1.79. The van der Waals surface area contributed by atoms with E-state index in [1.54, 1.807) is 31.2 Å². The van der Waals surface area contributed by atoms with E-state index < -0.39 is 12.1 Å². The quantitative estimate of drug-likeness (QED) is 0.674. The summed E-state index contributed by atoms with van der Waals surface area (Å²) in [6, 6.07) is 5.93. The molecule has 1 heterocycles. The lowest BCUT2D eigenvalue weighted by Gasteiger charge is -2.14. The van der Waals surface area contributed by atoms with Crippen LogP contribution in [0.15, 0.2) is 24.3 Å². The van der Waals surface area contributed by atoms with Crippen molar-refractivity contribution >= 4 is 23.5 Å². The first-order valence-corrected chi connectivity index (χ1v) is 6.21. The van der Waals surface area contributed by atoms with Crippen LogP contribution in [0.2, 0.25) is 0 Å². The molecule has 0 bridgehead atoms. The standard InChI is InChI=1S/C13H16N4O3/c1-8(14)12(19)16-10-4-2-3-9(5-10)7-17-11(18)6-15-13(17)20/h2-5,8H,6-7,14H2,1H3,(H,15,20)(H,16,19). The van der Waals surface area contributed by atoms with Crippen molar-refractivity contribution in [3.8, 4) is 0 Å². The van der Waals surface area contributed by atoms with Gasteiger partial charge < -0.3 is 16.4 Å². The Hall–Kier alpha value is -2.41. The molecule has 1 atom stereocenters. The van der Waals surface area contributed by atoms with Gasteiger partial charge in [-0.25, -0.2) is 4.79 Å². The number of carbonyl (C=O) groups is 3. The summed E-state index contributed by atoms with van der Waals surface area (Å²) in [5, 5.41) is 5.11. The zero-order valence-electron chi connectivity index (χ0n) is 11.1. The minimum absolute atomic E-state index is 0.0277. The maximum absolute atomic E-state index is 11.5. The highest BCUT2D eigenvalue weighted by Crippen LogP contribution is 2.14. The van der Waals surface area contributed by atoms with Gasteiger partial charge in [0.1, 0.15) is 0 Å². The predicted octanol–water partition coefficient (Wildman–Crippen LogP) is 0.0241. The molecule has 7 heteroatoms. The minimum atomic E-state index is -0.607. The monoisotopic (exact) mass is 276 g/mol. The normalized spacial score (nSPS) is 16.0. The molecule has 2 rings (SSSR count). The van der Waals surface area contributed by atoms with Crippen LogP contribution in [-0.2, 0) is 16.1 Å². The topological polar surface area (TPSA) is 105 Å². The summed E-state index contributed by atoms with van der Waals surface area (Å²) in [5.41, 5.74) is 6.80. The van der Waals surface area contributed by atoms with Crippen molar-refractivity contribution < 1.29 is 14.4 Å². The van der Waals surface area contributed by atoms with Gasteiger partial charge in [-0.3, -0.25) is 14.5 Å². The molecule has 1 aliphatic heterocycles. The highest BCUT2D eigenvalue weighted by Gasteiger charge is 2.28. The first kappa shape index (κ1) is 14.0. The predicted molar refractivity (Wildman–Crippen MR) is 72.7 cm³/mol. The second-order valence-electron chi connectivity index (χ2n) is 4.62. The van der Waals surface area contributed by atoms with E-state index in [1.165, 1.54) is 0 Å². The third-order valence-corrected chi connectivity index (χ3v) is 2.89. The Morgan fingerprint density at radius 2 is 2.25 bits per heavy atom. The highest BCUT2D eigenvalue weighted by molar-refractivity contribution is 6.01. The molecule has 7 nitrogen and oxygen atoms in total. The van der Waals surface area contributed by atoms with Gasteiger partial charge in [0.2, 0.25) is 11.8 Å². The zero-order valence-corrected chi connectivity index (χ0v) is 11.1. The largest absolute Gasteiger partial charge is 0.329 e. The van der Waals surface area contributed by atoms with Crippen LogP contribution in [0.25, 0.3) is 0 Å². The molecular weight excluding hydrogens is 260 g/mol. The number of nitrogens with zero attached hydrogens (tertiary/aromatic N) is 1. The van der Waals surface area contributed by atoms with Crippen LogP contribution in [-0.4, -0.2) is 35.3 Å². The summed E-state index contributed by atoms with van der Waals surface area (Å²) in [5.74, 6) is -0.558. The van der Waals surface area contributed by atoms with Gasteiger partial charge in [0.05, 0.1) is 19.1 Å². The number of hydrogen-bond acceptors (Lipinski definition) is 4. The van der Waals surface area contributed by atoms with E-state index >= 15 is 0 Å². The molecule has 0 aromatic heterocycles. The van der Waals surface area contributed by atoms with Crippen LogP contribution in [0.1, 0.15) is 12.5 Å². The molecule has 1 aliphatic rings. The van der Waals surface area contributed by atoms with E-state index in [1.807, 2.05) is 0 Å². The fourth-order valence-corrected chi connectivity index (χ4v) is 1.80. The van der Waals surface area contributed by atoms with E-state index in [9.17, 15) is 14.4 Å². The Kier molecular flexibility index (Phi) is 3.99. The number of benzene rings is 1. The minimum Gasteiger partial charge on any atom is -0.329 e. The molecule has 1 aromatic carbocycles. The summed E-state index contributed by atoms with van der Waals surface area (Å²) >= 11 is 0. The van der Waals surface area contributed by atoms with Crippen molar-refractivity contribution in [2.75, 3.05) is 11.9 Å². The van der Waals surface area contributed by atoms with Crippen LogP contribution in [0, 0.1) is 0 Å². The van der Waals surface area contributed by atoms with Gasteiger partial charge in [-0.2, -0.15) is 0 Å². The Balaban J connectivity index is 2.08. The molecule has 20 heavy (non-hydrogen) atoms. The molecule has 0 aliphatic carbocycles. The number of rotatable bonds is 4. The van der Waals surface area contributed by atoms with Gasteiger partial charge in [0.15, 0.2) is 0 Å². The van der Waals surface area contributed by atoms with Gasteiger partial charge in [0, 0.05) is 5.69 Å². The van der Waals surface area contributed by atoms with Gasteiger partial charge in [-0.15, -0.1) is 0 Å². The molecule has 1 unspecified atom stereocenters. The lowest BCUT2D eigenvalue weighted by Crippen LogP contribution is -2.32. The average Bonchev–Trinajstić information content (AvgIpc) is 2.71. The molecule has 1 aromatic rings. The first-order chi connectivity index (χ1) is 9.47. The number of nitrogens with two attached hydrogens (primary N) is 1. The number of anilines is 1. The number of nitrogens with one attached hydrogen (secondary N) is 2. The molecule has 0 saturated carbocycles. The number of urea groups is 1. The van der Waals surface area contributed by atoms with Crippen LogP contribution in [0.3, 0.4) is 0 Å². The fraction of sp³-hybridized carbons (Fsp3) is 0.308. The summed E-state index contributed by atoms with van der Waals surface area (Å²) < 4.78 is 0. The molecule has 4 amide bonds. The third-order valence-electron chi connectivity index (χ3n) is 2.89. The Bertz CT molecular complexity index is 540. The lowest BCUT2D eigenvalue weighted by molar-refractivity contribution is -0.125. The van der Waals surface area contributed by atoms with E-state index in [0.29, 0.717) is 5.69 Å². The van der Waals surface area contributed by atoms with Crippen LogP contribution in [0.5, 0.6) is 0 Å². The van der Waals surface area contributed by atoms with Gasteiger partial charge in [-0.1, -0.05) is 12.1 Å². The smallest absolute Gasteiger partial charge is 0.324 e. The molecule has 106 valence electrons. The molecule has 0 spiro atoms. The Morgan fingerprint density at radius 3 is 2.85 bits per heavy atom. The number of carbonyl (C=O) groups excluding carboxylic acids is 3. The summed E-state index contributed by atoms with van der Waals surface area (Å²) in [7, 11) is 0. The van der Waals surface area contributed by atoms with Crippen molar-refractivity contribution in [2.24, 2.45) is 5.73 Å². The average molecular weight is 276 g/mol. The van der Waals surface area contributed by atoms with Gasteiger partial charge in [-0.05, 0) is 24.6 Å². The molecule has 1 fully saturated rings. The summed E-state index contributed by atoms with van der Waals surface area (Å²) in [6.07, 6.45) is 0. The molecular formula is C13H16N4O3. The van der Waals surface area contributed by atoms with E-state index in [-0.39, 0.29) is 24.9 Å². The Labute approximate surface area is 116 Å². The number of amides is 4. The van der Waals surface area contributed by atoms with Crippen molar-refractivity contribution in [1.29, 1.82) is 0 Å². The van der Waals surface area contributed by atoms with Gasteiger partial charge >= 0.3 is 6.03 Å². The van der Waals surface area contributed by atoms with E-state index in [0.717, 1.165) is 10.5 Å². The van der Waals surface area contributed by atoms with E-state index in [4.69, 9.17) is 5.73 Å². The fourth-order valence-electron chi connectivity index (χ4n) is 1.80. The molecule has 0 radical (unpaired) electrons. The lowest BCUT2D eigenvalue weighted by atomic mass is 10.2. The number of imide groups is 1. The van der Waals surface area contributed by atoms with E-state index in [2.05, 4.69) is 10.6 Å². The Morgan fingerprint density at radius 1 is 1.50 bits per heavy atom. The van der Waals surface area contributed by atoms with Crippen molar-refractivity contribution in [2.45, 2.75) is 19.5 Å². The third kappa shape index (κ3) is 3.12. The SMILES string of the molecule is CC(N)C(=O)Nc1cccc(CN2C(=O)CNC2=O)c1. The number of hydrogen-bond donors (Lipinski definition) is 3. The van der Waals surface area contributed by atoms with Crippen molar-refractivity contribution in [3.05, 3.63) is 29.8 Å².